The predicted octanol–water partition coefficient (Wildman–Crippen LogP) is 4.66. The number of aromatic nitrogens is 1. The average molecular weight is 346 g/mol. The third-order valence-corrected chi connectivity index (χ3v) is 4.12. The van der Waals surface area contributed by atoms with Gasteiger partial charge in [0, 0.05) is 16.6 Å². The Balaban J connectivity index is 2.00. The SMILES string of the molecule is NC(=O)c1ccc2c(F)c(Oc3ccccc3)n(-c3ccccc3)c2c1. The summed E-state index contributed by atoms with van der Waals surface area (Å²) in [5.74, 6) is -0.497. The maximum atomic E-state index is 15.1. The lowest BCUT2D eigenvalue weighted by molar-refractivity contribution is 0.100. The first-order valence-electron chi connectivity index (χ1n) is 8.07. The van der Waals surface area contributed by atoms with Gasteiger partial charge in [-0.2, -0.15) is 0 Å². The Bertz CT molecular complexity index is 1090. The van der Waals surface area contributed by atoms with Gasteiger partial charge in [0.25, 0.3) is 0 Å². The molecule has 4 aromatic rings. The Morgan fingerprint density at radius 2 is 1.58 bits per heavy atom. The first-order chi connectivity index (χ1) is 12.6. The maximum absolute atomic E-state index is 15.1. The summed E-state index contributed by atoms with van der Waals surface area (Å²) in [6.45, 7) is 0. The molecule has 0 aliphatic heterocycles. The summed E-state index contributed by atoms with van der Waals surface area (Å²) < 4.78 is 22.6. The number of primary amides is 1. The fourth-order valence-corrected chi connectivity index (χ4v) is 2.90. The zero-order valence-electron chi connectivity index (χ0n) is 13.7. The summed E-state index contributed by atoms with van der Waals surface area (Å²) in [5, 5.41) is 0.352. The highest BCUT2D eigenvalue weighted by molar-refractivity contribution is 5.98. The third-order valence-electron chi connectivity index (χ3n) is 4.12. The molecule has 0 aliphatic carbocycles. The van der Waals surface area contributed by atoms with Gasteiger partial charge in [-0.05, 0) is 42.5 Å². The molecule has 1 aromatic heterocycles. The Kier molecular flexibility index (Phi) is 3.89. The Labute approximate surface area is 149 Å². The van der Waals surface area contributed by atoms with E-state index in [1.54, 1.807) is 28.8 Å². The first kappa shape index (κ1) is 15.9. The van der Waals surface area contributed by atoms with Crippen molar-refractivity contribution < 1.29 is 13.9 Å². The highest BCUT2D eigenvalue weighted by Crippen LogP contribution is 2.36. The number of benzene rings is 3. The molecule has 0 radical (unpaired) electrons. The van der Waals surface area contributed by atoms with E-state index < -0.39 is 11.7 Å². The van der Waals surface area contributed by atoms with E-state index in [1.165, 1.54) is 6.07 Å². The van der Waals surface area contributed by atoms with Crippen LogP contribution in [0.25, 0.3) is 16.6 Å². The second kappa shape index (κ2) is 6.37. The van der Waals surface area contributed by atoms with Crippen molar-refractivity contribution in [3.05, 3.63) is 90.2 Å². The zero-order chi connectivity index (χ0) is 18.1. The quantitative estimate of drug-likeness (QED) is 0.584. The van der Waals surface area contributed by atoms with Crippen LogP contribution in [0.3, 0.4) is 0 Å². The number of hydrogen-bond donors (Lipinski definition) is 1. The van der Waals surface area contributed by atoms with Gasteiger partial charge in [-0.25, -0.2) is 4.39 Å². The van der Waals surface area contributed by atoms with Gasteiger partial charge < -0.3 is 10.5 Å². The Morgan fingerprint density at radius 1 is 0.923 bits per heavy atom. The van der Waals surface area contributed by atoms with E-state index in [9.17, 15) is 4.79 Å². The lowest BCUT2D eigenvalue weighted by atomic mass is 10.1. The van der Waals surface area contributed by atoms with Gasteiger partial charge in [0.15, 0.2) is 5.82 Å². The fourth-order valence-electron chi connectivity index (χ4n) is 2.90. The van der Waals surface area contributed by atoms with E-state index in [1.807, 2.05) is 48.5 Å². The van der Waals surface area contributed by atoms with E-state index in [-0.39, 0.29) is 5.88 Å². The van der Waals surface area contributed by atoms with Crippen LogP contribution in [0.15, 0.2) is 78.9 Å². The van der Waals surface area contributed by atoms with E-state index in [0.717, 1.165) is 0 Å². The van der Waals surface area contributed by atoms with Gasteiger partial charge in [-0.15, -0.1) is 0 Å². The zero-order valence-corrected chi connectivity index (χ0v) is 13.7. The molecule has 0 saturated heterocycles. The topological polar surface area (TPSA) is 57.3 Å². The largest absolute Gasteiger partial charge is 0.437 e. The monoisotopic (exact) mass is 346 g/mol. The van der Waals surface area contributed by atoms with Crippen LogP contribution in [0.1, 0.15) is 10.4 Å². The summed E-state index contributed by atoms with van der Waals surface area (Å²) in [4.78, 5) is 11.6. The molecule has 0 unspecified atom stereocenters. The van der Waals surface area contributed by atoms with Crippen LogP contribution >= 0.6 is 0 Å². The van der Waals surface area contributed by atoms with Gasteiger partial charge in [0.1, 0.15) is 5.75 Å². The van der Waals surface area contributed by atoms with Gasteiger partial charge in [0.2, 0.25) is 11.8 Å². The molecule has 1 heterocycles. The summed E-state index contributed by atoms with van der Waals surface area (Å²) in [6.07, 6.45) is 0. The lowest BCUT2D eigenvalue weighted by Gasteiger charge is -2.12. The molecule has 0 aliphatic rings. The molecule has 5 heteroatoms. The van der Waals surface area contributed by atoms with Crippen molar-refractivity contribution in [3.8, 4) is 17.3 Å². The van der Waals surface area contributed by atoms with Gasteiger partial charge >= 0.3 is 0 Å². The maximum Gasteiger partial charge on any atom is 0.248 e. The molecule has 0 bridgehead atoms. The van der Waals surface area contributed by atoms with E-state index in [4.69, 9.17) is 10.5 Å². The highest BCUT2D eigenvalue weighted by Gasteiger charge is 2.21. The molecule has 1 amide bonds. The number of halogens is 1. The molecule has 0 atom stereocenters. The number of para-hydroxylation sites is 2. The van der Waals surface area contributed by atoms with Crippen LogP contribution < -0.4 is 10.5 Å². The van der Waals surface area contributed by atoms with Gasteiger partial charge in [-0.1, -0.05) is 36.4 Å². The molecule has 4 rings (SSSR count). The number of ether oxygens (including phenoxy) is 1. The van der Waals surface area contributed by atoms with Crippen LogP contribution in [0.5, 0.6) is 11.6 Å². The number of nitrogens with zero attached hydrogens (tertiary/aromatic N) is 1. The minimum atomic E-state index is -0.571. The van der Waals surface area contributed by atoms with Crippen molar-refractivity contribution in [2.75, 3.05) is 0 Å². The number of nitrogens with two attached hydrogens (primary N) is 1. The number of fused-ring (bicyclic) bond motifs is 1. The standard InChI is InChI=1S/C21H15FN2O2/c22-19-17-12-11-14(20(23)25)13-18(17)24(15-7-3-1-4-8-15)21(19)26-16-9-5-2-6-10-16/h1-13H,(H2,23,25). The van der Waals surface area contributed by atoms with E-state index in [2.05, 4.69) is 0 Å². The molecule has 26 heavy (non-hydrogen) atoms. The van der Waals surface area contributed by atoms with Crippen molar-refractivity contribution in [2.45, 2.75) is 0 Å². The first-order valence-corrected chi connectivity index (χ1v) is 8.07. The lowest BCUT2D eigenvalue weighted by Crippen LogP contribution is -2.10. The summed E-state index contributed by atoms with van der Waals surface area (Å²) in [5.41, 5.74) is 6.92. The van der Waals surface area contributed by atoms with Crippen LogP contribution in [-0.2, 0) is 0 Å². The molecule has 0 spiro atoms. The Hall–Kier alpha value is -3.60. The number of hydrogen-bond acceptors (Lipinski definition) is 2. The average Bonchev–Trinajstić information content (AvgIpc) is 2.95. The molecule has 4 nitrogen and oxygen atoms in total. The summed E-state index contributed by atoms with van der Waals surface area (Å²) >= 11 is 0. The van der Waals surface area contributed by atoms with Crippen molar-refractivity contribution in [1.29, 1.82) is 0 Å². The normalized spacial score (nSPS) is 10.8. The van der Waals surface area contributed by atoms with Crippen LogP contribution in [0, 0.1) is 5.82 Å². The van der Waals surface area contributed by atoms with Crippen LogP contribution in [0.4, 0.5) is 4.39 Å². The summed E-state index contributed by atoms with van der Waals surface area (Å²) in [6, 6.07) is 22.9. The Morgan fingerprint density at radius 3 is 2.23 bits per heavy atom. The second-order valence-electron chi connectivity index (χ2n) is 5.80. The van der Waals surface area contributed by atoms with Crippen molar-refractivity contribution in [2.24, 2.45) is 5.73 Å². The number of amides is 1. The number of carbonyl (C=O) groups is 1. The minimum absolute atomic E-state index is 0.0546. The number of rotatable bonds is 4. The van der Waals surface area contributed by atoms with Crippen LogP contribution in [-0.4, -0.2) is 10.5 Å². The third kappa shape index (κ3) is 2.69. The van der Waals surface area contributed by atoms with E-state index in [0.29, 0.717) is 27.9 Å². The van der Waals surface area contributed by atoms with Crippen LogP contribution in [0.2, 0.25) is 0 Å². The van der Waals surface area contributed by atoms with Gasteiger partial charge in [-0.3, -0.25) is 9.36 Å². The summed E-state index contributed by atoms with van der Waals surface area (Å²) in [7, 11) is 0. The molecular formula is C21H15FN2O2. The van der Waals surface area contributed by atoms with Gasteiger partial charge in [0.05, 0.1) is 5.52 Å². The predicted molar refractivity (Wildman–Crippen MR) is 98.3 cm³/mol. The van der Waals surface area contributed by atoms with E-state index >= 15 is 4.39 Å². The van der Waals surface area contributed by atoms with Crippen molar-refractivity contribution >= 4 is 16.8 Å². The minimum Gasteiger partial charge on any atom is -0.437 e. The number of carbonyl (C=O) groups excluding carboxylic acids is 1. The molecule has 0 saturated carbocycles. The van der Waals surface area contributed by atoms with Crippen molar-refractivity contribution in [1.82, 2.24) is 4.57 Å². The highest BCUT2D eigenvalue weighted by atomic mass is 19.1. The molecule has 0 fully saturated rings. The molecule has 2 N–H and O–H groups in total. The van der Waals surface area contributed by atoms with Crippen molar-refractivity contribution in [3.63, 3.8) is 0 Å². The molecule has 128 valence electrons. The fraction of sp³-hybridized carbons (Fsp3) is 0. The second-order valence-corrected chi connectivity index (χ2v) is 5.80. The molecule has 3 aromatic carbocycles. The smallest absolute Gasteiger partial charge is 0.248 e. The molecular weight excluding hydrogens is 331 g/mol.